The molecule has 7 heteroatoms. The molecule has 0 aliphatic rings. The molecule has 0 fully saturated rings. The van der Waals surface area contributed by atoms with Crippen LogP contribution in [0.4, 0.5) is 5.82 Å². The number of nitrogen functional groups attached to an aromatic ring is 1. The highest BCUT2D eigenvalue weighted by Gasteiger charge is 2.22. The Kier molecular flexibility index (Phi) is 4.57. The number of carboxylic acid groups (broad SMARTS) is 1. The van der Waals surface area contributed by atoms with Gasteiger partial charge in [-0.2, -0.15) is 5.10 Å². The SMILES string of the molecule is CCCSc1nn(-c2cccc(Cl)c2)c(N)c1C(=O)O. The molecule has 0 aliphatic heterocycles. The highest BCUT2D eigenvalue weighted by atomic mass is 35.5. The molecule has 0 amide bonds. The number of hydrogen-bond acceptors (Lipinski definition) is 4. The smallest absolute Gasteiger partial charge is 0.342 e. The molecule has 0 saturated heterocycles. The quantitative estimate of drug-likeness (QED) is 0.828. The molecule has 3 N–H and O–H groups in total. The summed E-state index contributed by atoms with van der Waals surface area (Å²) in [5, 5.41) is 14.5. The second kappa shape index (κ2) is 6.19. The van der Waals surface area contributed by atoms with Crippen molar-refractivity contribution in [3.05, 3.63) is 34.9 Å². The zero-order valence-corrected chi connectivity index (χ0v) is 12.4. The Hall–Kier alpha value is -1.66. The van der Waals surface area contributed by atoms with Gasteiger partial charge in [-0.1, -0.05) is 24.6 Å². The topological polar surface area (TPSA) is 81.1 Å². The van der Waals surface area contributed by atoms with E-state index in [4.69, 9.17) is 17.3 Å². The number of anilines is 1. The normalized spacial score (nSPS) is 10.7. The molecule has 0 atom stereocenters. The minimum absolute atomic E-state index is 0.0448. The highest BCUT2D eigenvalue weighted by Crippen LogP contribution is 2.29. The summed E-state index contributed by atoms with van der Waals surface area (Å²) >= 11 is 7.32. The lowest BCUT2D eigenvalue weighted by Crippen LogP contribution is -2.05. The Bertz CT molecular complexity index is 643. The third-order valence-electron chi connectivity index (χ3n) is 2.60. The average Bonchev–Trinajstić information content (AvgIpc) is 2.73. The van der Waals surface area contributed by atoms with E-state index in [9.17, 15) is 9.90 Å². The largest absolute Gasteiger partial charge is 0.477 e. The summed E-state index contributed by atoms with van der Waals surface area (Å²) in [5.74, 6) is -0.181. The molecule has 1 heterocycles. The third-order valence-corrected chi connectivity index (χ3v) is 4.01. The number of aromatic carboxylic acids is 1. The van der Waals surface area contributed by atoms with Crippen LogP contribution in [0.5, 0.6) is 0 Å². The number of thioether (sulfide) groups is 1. The molecule has 0 unspecified atom stereocenters. The summed E-state index contributed by atoms with van der Waals surface area (Å²) in [6.07, 6.45) is 0.924. The number of rotatable bonds is 5. The summed E-state index contributed by atoms with van der Waals surface area (Å²) in [6.45, 7) is 2.02. The molecule has 0 radical (unpaired) electrons. The van der Waals surface area contributed by atoms with Gasteiger partial charge in [-0.3, -0.25) is 0 Å². The molecule has 0 aliphatic carbocycles. The van der Waals surface area contributed by atoms with Gasteiger partial charge in [0, 0.05) is 5.02 Å². The number of hydrogen-bond donors (Lipinski definition) is 2. The van der Waals surface area contributed by atoms with Crippen molar-refractivity contribution in [1.82, 2.24) is 9.78 Å². The predicted octanol–water partition coefficient (Wildman–Crippen LogP) is 3.31. The van der Waals surface area contributed by atoms with Gasteiger partial charge in [0.05, 0.1) is 5.69 Å². The molecule has 2 aromatic rings. The average molecular weight is 312 g/mol. The molecule has 1 aromatic carbocycles. The monoisotopic (exact) mass is 311 g/mol. The van der Waals surface area contributed by atoms with Crippen molar-refractivity contribution >= 4 is 35.1 Å². The molecule has 0 spiro atoms. The van der Waals surface area contributed by atoms with E-state index in [-0.39, 0.29) is 11.4 Å². The molecule has 0 saturated carbocycles. The van der Waals surface area contributed by atoms with Crippen LogP contribution < -0.4 is 5.73 Å². The van der Waals surface area contributed by atoms with Crippen LogP contribution in [0.2, 0.25) is 5.02 Å². The third kappa shape index (κ3) is 2.91. The van der Waals surface area contributed by atoms with E-state index in [1.54, 1.807) is 24.3 Å². The molecule has 0 bridgehead atoms. The first kappa shape index (κ1) is 14.7. The predicted molar refractivity (Wildman–Crippen MR) is 81.0 cm³/mol. The van der Waals surface area contributed by atoms with Crippen molar-refractivity contribution in [2.75, 3.05) is 11.5 Å². The van der Waals surface area contributed by atoms with E-state index in [0.717, 1.165) is 12.2 Å². The first-order valence-electron chi connectivity index (χ1n) is 6.05. The van der Waals surface area contributed by atoms with Crippen LogP contribution in [0, 0.1) is 0 Å². The van der Waals surface area contributed by atoms with Gasteiger partial charge < -0.3 is 10.8 Å². The van der Waals surface area contributed by atoms with Crippen LogP contribution in [-0.4, -0.2) is 26.6 Å². The van der Waals surface area contributed by atoms with Crippen LogP contribution in [-0.2, 0) is 0 Å². The van der Waals surface area contributed by atoms with Gasteiger partial charge in [-0.15, -0.1) is 11.8 Å². The molecule has 20 heavy (non-hydrogen) atoms. The zero-order chi connectivity index (χ0) is 14.7. The number of nitrogens with zero attached hydrogens (tertiary/aromatic N) is 2. The Morgan fingerprint density at radius 1 is 1.55 bits per heavy atom. The molecular weight excluding hydrogens is 298 g/mol. The Morgan fingerprint density at radius 3 is 2.90 bits per heavy atom. The van der Waals surface area contributed by atoms with Crippen molar-refractivity contribution in [2.45, 2.75) is 18.4 Å². The minimum atomic E-state index is -1.07. The lowest BCUT2D eigenvalue weighted by molar-refractivity contribution is 0.0694. The van der Waals surface area contributed by atoms with Crippen molar-refractivity contribution in [2.24, 2.45) is 0 Å². The second-order valence-corrected chi connectivity index (χ2v) is 5.63. The zero-order valence-electron chi connectivity index (χ0n) is 10.8. The first-order valence-corrected chi connectivity index (χ1v) is 7.41. The fraction of sp³-hybridized carbons (Fsp3) is 0.231. The lowest BCUT2D eigenvalue weighted by Gasteiger charge is -2.04. The number of benzene rings is 1. The van der Waals surface area contributed by atoms with Crippen LogP contribution in [0.3, 0.4) is 0 Å². The summed E-state index contributed by atoms with van der Waals surface area (Å²) in [5.41, 5.74) is 6.61. The van der Waals surface area contributed by atoms with E-state index in [2.05, 4.69) is 5.10 Å². The summed E-state index contributed by atoms with van der Waals surface area (Å²) in [7, 11) is 0. The molecule has 5 nitrogen and oxygen atoms in total. The number of nitrogens with two attached hydrogens (primary N) is 1. The Morgan fingerprint density at radius 2 is 2.30 bits per heavy atom. The number of carbonyl (C=O) groups is 1. The van der Waals surface area contributed by atoms with E-state index < -0.39 is 5.97 Å². The first-order chi connectivity index (χ1) is 9.54. The van der Waals surface area contributed by atoms with Gasteiger partial charge in [-0.25, -0.2) is 9.48 Å². The fourth-order valence-corrected chi connectivity index (χ4v) is 2.77. The lowest BCUT2D eigenvalue weighted by atomic mass is 10.3. The van der Waals surface area contributed by atoms with Gasteiger partial charge in [-0.05, 0) is 30.4 Å². The maximum absolute atomic E-state index is 11.3. The standard InChI is InChI=1S/C13H14ClN3O2S/c1-2-6-20-12-10(13(18)19)11(15)17(16-12)9-5-3-4-8(14)7-9/h3-5,7H,2,6,15H2,1H3,(H,18,19). The summed E-state index contributed by atoms with van der Waals surface area (Å²) in [6, 6.07) is 6.95. The van der Waals surface area contributed by atoms with Crippen LogP contribution in [0.1, 0.15) is 23.7 Å². The molecule has 1 aromatic heterocycles. The second-order valence-electron chi connectivity index (χ2n) is 4.11. The number of halogens is 1. The van der Waals surface area contributed by atoms with Gasteiger partial charge in [0.2, 0.25) is 0 Å². The number of carboxylic acids is 1. The van der Waals surface area contributed by atoms with Crippen LogP contribution in [0.25, 0.3) is 5.69 Å². The van der Waals surface area contributed by atoms with E-state index >= 15 is 0 Å². The number of aromatic nitrogens is 2. The van der Waals surface area contributed by atoms with Crippen LogP contribution in [0.15, 0.2) is 29.3 Å². The van der Waals surface area contributed by atoms with Crippen molar-refractivity contribution in [1.29, 1.82) is 0 Å². The summed E-state index contributed by atoms with van der Waals surface area (Å²) < 4.78 is 1.41. The highest BCUT2D eigenvalue weighted by molar-refractivity contribution is 7.99. The maximum Gasteiger partial charge on any atom is 0.342 e. The fourth-order valence-electron chi connectivity index (χ4n) is 1.72. The van der Waals surface area contributed by atoms with E-state index in [1.165, 1.54) is 16.4 Å². The van der Waals surface area contributed by atoms with Gasteiger partial charge in [0.1, 0.15) is 16.4 Å². The van der Waals surface area contributed by atoms with Crippen molar-refractivity contribution < 1.29 is 9.90 Å². The Balaban J connectivity index is 2.52. The minimum Gasteiger partial charge on any atom is -0.477 e. The van der Waals surface area contributed by atoms with Gasteiger partial charge >= 0.3 is 5.97 Å². The van der Waals surface area contributed by atoms with Crippen LogP contribution >= 0.6 is 23.4 Å². The van der Waals surface area contributed by atoms with E-state index in [1.807, 2.05) is 6.92 Å². The molecular formula is C13H14ClN3O2S. The molecule has 106 valence electrons. The van der Waals surface area contributed by atoms with Crippen molar-refractivity contribution in [3.8, 4) is 5.69 Å². The van der Waals surface area contributed by atoms with Gasteiger partial charge in [0.25, 0.3) is 0 Å². The molecule has 2 rings (SSSR count). The van der Waals surface area contributed by atoms with Gasteiger partial charge in [0.15, 0.2) is 0 Å². The maximum atomic E-state index is 11.3. The van der Waals surface area contributed by atoms with E-state index in [0.29, 0.717) is 15.7 Å². The Labute approximate surface area is 125 Å². The summed E-state index contributed by atoms with van der Waals surface area (Å²) in [4.78, 5) is 11.3. The van der Waals surface area contributed by atoms with Crippen molar-refractivity contribution in [3.63, 3.8) is 0 Å².